The van der Waals surface area contributed by atoms with Crippen LogP contribution in [0, 0.1) is 11.3 Å². The minimum atomic E-state index is -4.32. The summed E-state index contributed by atoms with van der Waals surface area (Å²) in [5.41, 5.74) is -0.541. The second kappa shape index (κ2) is 14.7. The van der Waals surface area contributed by atoms with Crippen LogP contribution in [0.2, 0.25) is 5.15 Å². The minimum Gasteiger partial charge on any atom is -0.490 e. The average Bonchev–Trinajstić information content (AvgIpc) is 3.42. The van der Waals surface area contributed by atoms with Gasteiger partial charge >= 0.3 is 6.09 Å². The number of carbonyl (C=O) groups is 2. The van der Waals surface area contributed by atoms with Crippen LogP contribution in [-0.2, 0) is 14.8 Å². The van der Waals surface area contributed by atoms with Gasteiger partial charge in [-0.1, -0.05) is 31.0 Å². The zero-order chi connectivity index (χ0) is 36.3. The first-order valence-electron chi connectivity index (χ1n) is 17.1. The third-order valence-corrected chi connectivity index (χ3v) is 10.6. The minimum absolute atomic E-state index is 0.116. The summed E-state index contributed by atoms with van der Waals surface area (Å²) in [7, 11) is -4.32. The fourth-order valence-electron chi connectivity index (χ4n) is 5.99. The highest BCUT2D eigenvalue weighted by Crippen LogP contribution is 2.48. The van der Waals surface area contributed by atoms with E-state index < -0.39 is 21.5 Å². The second-order valence-corrected chi connectivity index (χ2v) is 17.2. The molecule has 13 nitrogen and oxygen atoms in total. The van der Waals surface area contributed by atoms with Crippen LogP contribution in [0.5, 0.6) is 5.75 Å². The van der Waals surface area contributed by atoms with Gasteiger partial charge in [-0.2, -0.15) is 13.5 Å². The fraction of sp³-hybridized carbons (Fsp3) is 0.571. The summed E-state index contributed by atoms with van der Waals surface area (Å²) in [5.74, 6) is 0.731. The van der Waals surface area contributed by atoms with E-state index in [-0.39, 0.29) is 27.4 Å². The highest BCUT2D eigenvalue weighted by Gasteiger charge is 2.42. The molecule has 0 aromatic carbocycles. The molecule has 2 fully saturated rings. The lowest BCUT2D eigenvalue weighted by atomic mass is 9.93. The molecule has 1 aliphatic carbocycles. The molecule has 4 heterocycles. The van der Waals surface area contributed by atoms with Gasteiger partial charge in [0.25, 0.3) is 15.9 Å². The van der Waals surface area contributed by atoms with Gasteiger partial charge in [0, 0.05) is 18.6 Å². The summed E-state index contributed by atoms with van der Waals surface area (Å²) < 4.78 is 41.1. The molecule has 0 radical (unpaired) electrons. The Hall–Kier alpha value is -3.91. The van der Waals surface area contributed by atoms with Gasteiger partial charge in [-0.3, -0.25) is 4.79 Å². The Morgan fingerprint density at radius 3 is 2.54 bits per heavy atom. The molecule has 3 aromatic rings. The lowest BCUT2D eigenvalue weighted by Gasteiger charge is -2.33. The molecule has 1 atom stereocenters. The summed E-state index contributed by atoms with van der Waals surface area (Å²) in [5, 5.41) is 6.93. The van der Waals surface area contributed by atoms with Gasteiger partial charge in [0.1, 0.15) is 16.6 Å². The molecular formula is C35H48ClN7O6S. The maximum Gasteiger partial charge on any atom is 0.410 e. The molecule has 0 bridgehead atoms. The number of likely N-dealkylation sites (tertiary alicyclic amines) is 1. The number of nitrogens with zero attached hydrogens (tertiary/aromatic N) is 5. The standard InChI is InChI=1S/C35H48ClN7O6S/c1-33(2,3)49-32(45)42-22-24(20-34(42,4)5)10-7-8-18-37-27-11-9-12-29(39-27)50(46,47)41-31(44)26-13-14-28(40-30(26)36)43-23-25(21-38-43)48-19-17-35(6)15-16-35/h9,11-14,21,23-24H,7-8,10,15-20,22H2,1-6H3,(H,37,39)(H,41,44). The van der Waals surface area contributed by atoms with Crippen LogP contribution in [-0.4, -0.2) is 75.9 Å². The van der Waals surface area contributed by atoms with E-state index in [0.29, 0.717) is 48.4 Å². The molecule has 50 heavy (non-hydrogen) atoms. The van der Waals surface area contributed by atoms with E-state index in [9.17, 15) is 18.0 Å². The van der Waals surface area contributed by atoms with E-state index in [0.717, 1.165) is 32.1 Å². The first kappa shape index (κ1) is 37.3. The number of halogens is 1. The molecule has 2 N–H and O–H groups in total. The van der Waals surface area contributed by atoms with E-state index >= 15 is 0 Å². The van der Waals surface area contributed by atoms with Crippen LogP contribution in [0.15, 0.2) is 47.8 Å². The third kappa shape index (κ3) is 9.87. The molecule has 1 aliphatic heterocycles. The van der Waals surface area contributed by atoms with Crippen molar-refractivity contribution >= 4 is 39.4 Å². The quantitative estimate of drug-likeness (QED) is 0.136. The SMILES string of the molecule is CC1(CCOc2cnn(-c3ccc(C(=O)NS(=O)(=O)c4cccc(NCCCCC5CN(C(=O)OC(C)(C)C)C(C)(C)C5)n4)c(Cl)n3)c2)CC1. The first-order valence-corrected chi connectivity index (χ1v) is 18.9. The number of rotatable bonds is 14. The number of anilines is 1. The van der Waals surface area contributed by atoms with Gasteiger partial charge in [-0.25, -0.2) is 24.2 Å². The maximum absolute atomic E-state index is 13.1. The van der Waals surface area contributed by atoms with Gasteiger partial charge < -0.3 is 19.7 Å². The van der Waals surface area contributed by atoms with Crippen LogP contribution < -0.4 is 14.8 Å². The van der Waals surface area contributed by atoms with Gasteiger partial charge in [0.2, 0.25) is 0 Å². The van der Waals surface area contributed by atoms with Crippen molar-refractivity contribution in [3.05, 3.63) is 53.4 Å². The number of hydrogen-bond acceptors (Lipinski definition) is 10. The number of pyridine rings is 2. The number of aromatic nitrogens is 4. The van der Waals surface area contributed by atoms with Gasteiger partial charge in [-0.15, -0.1) is 0 Å². The number of carbonyl (C=O) groups excluding carboxylic acids is 2. The van der Waals surface area contributed by atoms with Crippen LogP contribution in [0.3, 0.4) is 0 Å². The molecule has 3 aromatic heterocycles. The predicted octanol–water partition coefficient (Wildman–Crippen LogP) is 6.62. The van der Waals surface area contributed by atoms with Crippen molar-refractivity contribution in [2.75, 3.05) is 25.0 Å². The second-order valence-electron chi connectivity index (χ2n) is 15.2. The number of hydrogen-bond donors (Lipinski definition) is 2. The van der Waals surface area contributed by atoms with E-state index in [1.807, 2.05) is 30.4 Å². The van der Waals surface area contributed by atoms with Gasteiger partial charge in [0.05, 0.1) is 24.6 Å². The normalized spacial score (nSPS) is 18.1. The Labute approximate surface area is 299 Å². The maximum atomic E-state index is 13.1. The molecule has 1 saturated heterocycles. The summed E-state index contributed by atoms with van der Waals surface area (Å²) in [6.45, 7) is 13.8. The summed E-state index contributed by atoms with van der Waals surface area (Å²) in [6.07, 6.45) is 9.99. The van der Waals surface area contributed by atoms with E-state index in [4.69, 9.17) is 21.1 Å². The van der Waals surface area contributed by atoms with Crippen molar-refractivity contribution in [1.82, 2.24) is 29.4 Å². The zero-order valence-electron chi connectivity index (χ0n) is 29.7. The fourth-order valence-corrected chi connectivity index (χ4v) is 7.16. The summed E-state index contributed by atoms with van der Waals surface area (Å²) in [4.78, 5) is 36.0. The zero-order valence-corrected chi connectivity index (χ0v) is 31.2. The van der Waals surface area contributed by atoms with Crippen LogP contribution >= 0.6 is 11.6 Å². The monoisotopic (exact) mass is 729 g/mol. The van der Waals surface area contributed by atoms with Crippen molar-refractivity contribution in [3.8, 4) is 11.6 Å². The van der Waals surface area contributed by atoms with E-state index in [1.165, 1.54) is 35.7 Å². The van der Waals surface area contributed by atoms with Crippen molar-refractivity contribution in [2.45, 2.75) is 103 Å². The molecule has 2 aliphatic rings. The van der Waals surface area contributed by atoms with Crippen molar-refractivity contribution in [2.24, 2.45) is 11.3 Å². The predicted molar refractivity (Wildman–Crippen MR) is 190 cm³/mol. The van der Waals surface area contributed by atoms with E-state index in [2.05, 4.69) is 41.2 Å². The Balaban J connectivity index is 1.09. The molecule has 1 unspecified atom stereocenters. The van der Waals surface area contributed by atoms with Gasteiger partial charge in [-0.05, 0) is 109 Å². The van der Waals surface area contributed by atoms with Crippen molar-refractivity contribution in [1.29, 1.82) is 0 Å². The largest absolute Gasteiger partial charge is 0.490 e. The molecule has 0 spiro atoms. The lowest BCUT2D eigenvalue weighted by molar-refractivity contribution is 0.0130. The Morgan fingerprint density at radius 1 is 1.08 bits per heavy atom. The van der Waals surface area contributed by atoms with Crippen LogP contribution in [0.25, 0.3) is 5.82 Å². The topological polar surface area (TPSA) is 158 Å². The Kier molecular flexibility index (Phi) is 11.0. The highest BCUT2D eigenvalue weighted by atomic mass is 35.5. The molecule has 5 rings (SSSR count). The lowest BCUT2D eigenvalue weighted by Crippen LogP contribution is -2.45. The summed E-state index contributed by atoms with van der Waals surface area (Å²) in [6, 6.07) is 7.43. The Morgan fingerprint density at radius 2 is 1.84 bits per heavy atom. The smallest absolute Gasteiger partial charge is 0.410 e. The van der Waals surface area contributed by atoms with Crippen molar-refractivity contribution in [3.63, 3.8) is 0 Å². The number of sulfonamides is 1. The van der Waals surface area contributed by atoms with Crippen molar-refractivity contribution < 1.29 is 27.5 Å². The number of nitrogens with one attached hydrogen (secondary N) is 2. The molecule has 15 heteroatoms. The van der Waals surface area contributed by atoms with E-state index in [1.54, 1.807) is 24.5 Å². The molecular weight excluding hydrogens is 682 g/mol. The molecule has 2 amide bonds. The number of amides is 2. The third-order valence-electron chi connectivity index (χ3n) is 9.09. The van der Waals surface area contributed by atoms with Crippen LogP contribution in [0.1, 0.15) is 96.8 Å². The molecule has 272 valence electrons. The molecule has 1 saturated carbocycles. The first-order chi connectivity index (χ1) is 23.4. The number of unbranched alkanes of at least 4 members (excludes halogenated alkanes) is 1. The summed E-state index contributed by atoms with van der Waals surface area (Å²) >= 11 is 6.32. The van der Waals surface area contributed by atoms with Gasteiger partial charge in [0.15, 0.2) is 16.6 Å². The average molecular weight is 730 g/mol. The highest BCUT2D eigenvalue weighted by molar-refractivity contribution is 7.90. The number of ether oxygens (including phenoxy) is 2. The Bertz CT molecular complexity index is 1800. The van der Waals surface area contributed by atoms with Crippen LogP contribution in [0.4, 0.5) is 10.6 Å².